The minimum absolute atomic E-state index is 0.126. The maximum absolute atomic E-state index is 6.15. The molecule has 0 saturated carbocycles. The van der Waals surface area contributed by atoms with Crippen molar-refractivity contribution in [2.75, 3.05) is 14.2 Å². The summed E-state index contributed by atoms with van der Waals surface area (Å²) in [4.78, 5) is 0. The molecule has 0 aromatic rings. The molecule has 0 heterocycles. The molecule has 1 atom stereocenters. The van der Waals surface area contributed by atoms with E-state index < -0.39 is 8.56 Å². The minimum atomic E-state index is -2.20. The molecular weight excluding hydrogens is 372 g/mol. The van der Waals surface area contributed by atoms with Crippen molar-refractivity contribution in [3.8, 4) is 0 Å². The smallest absolute Gasteiger partial charge is 0.343 e. The standard InChI is InChI=1S/C26H56O2Si/c1-9-10-11-12-13-14-15-16-17-18-19-20-21-22-23-29(27-7,28-8)26(5,6)25(4)24(2)3/h24-25H,9-23H2,1-8H3. The van der Waals surface area contributed by atoms with E-state index >= 15 is 0 Å². The van der Waals surface area contributed by atoms with Crippen LogP contribution < -0.4 is 0 Å². The monoisotopic (exact) mass is 428 g/mol. The first kappa shape index (κ1) is 29.1. The van der Waals surface area contributed by atoms with Gasteiger partial charge in [0, 0.05) is 19.3 Å². The summed E-state index contributed by atoms with van der Waals surface area (Å²) in [7, 11) is 1.57. The Morgan fingerprint density at radius 1 is 0.621 bits per heavy atom. The molecule has 176 valence electrons. The largest absolute Gasteiger partial charge is 0.397 e. The molecule has 0 aromatic carbocycles. The van der Waals surface area contributed by atoms with Crippen LogP contribution in [0.3, 0.4) is 0 Å². The van der Waals surface area contributed by atoms with Crippen LogP contribution in [0.15, 0.2) is 0 Å². The first-order valence-electron chi connectivity index (χ1n) is 12.9. The summed E-state index contributed by atoms with van der Waals surface area (Å²) in [5.74, 6) is 1.25. The second-order valence-electron chi connectivity index (χ2n) is 10.3. The lowest BCUT2D eigenvalue weighted by atomic mass is 9.86. The van der Waals surface area contributed by atoms with Crippen molar-refractivity contribution in [3.05, 3.63) is 0 Å². The molecule has 0 aliphatic rings. The highest BCUT2D eigenvalue weighted by molar-refractivity contribution is 6.70. The molecule has 29 heavy (non-hydrogen) atoms. The van der Waals surface area contributed by atoms with Gasteiger partial charge in [0.15, 0.2) is 0 Å². The van der Waals surface area contributed by atoms with Gasteiger partial charge in [0.25, 0.3) is 0 Å². The van der Waals surface area contributed by atoms with E-state index in [1.165, 1.54) is 89.9 Å². The highest BCUT2D eigenvalue weighted by Crippen LogP contribution is 2.50. The molecule has 0 fully saturated rings. The zero-order valence-corrected chi connectivity index (χ0v) is 22.6. The van der Waals surface area contributed by atoms with Crippen molar-refractivity contribution >= 4 is 8.56 Å². The van der Waals surface area contributed by atoms with Gasteiger partial charge < -0.3 is 8.85 Å². The molecule has 0 bridgehead atoms. The van der Waals surface area contributed by atoms with Crippen LogP contribution in [-0.4, -0.2) is 22.8 Å². The Balaban J connectivity index is 3.93. The molecular formula is C26H56O2Si. The molecule has 0 N–H and O–H groups in total. The van der Waals surface area contributed by atoms with Crippen molar-refractivity contribution in [1.29, 1.82) is 0 Å². The molecule has 0 spiro atoms. The highest BCUT2D eigenvalue weighted by Gasteiger charge is 2.53. The summed E-state index contributed by atoms with van der Waals surface area (Å²) in [5, 5.41) is 0.126. The molecule has 0 radical (unpaired) electrons. The Bertz CT molecular complexity index is 364. The third-order valence-electron chi connectivity index (χ3n) is 7.64. The predicted octanol–water partition coefficient (Wildman–Crippen LogP) is 9.28. The van der Waals surface area contributed by atoms with E-state index in [-0.39, 0.29) is 5.04 Å². The van der Waals surface area contributed by atoms with E-state index in [1.807, 2.05) is 14.2 Å². The maximum atomic E-state index is 6.15. The Morgan fingerprint density at radius 3 is 1.28 bits per heavy atom. The second kappa shape index (κ2) is 16.8. The summed E-state index contributed by atoms with van der Waals surface area (Å²) >= 11 is 0. The van der Waals surface area contributed by atoms with Crippen LogP contribution in [0.1, 0.15) is 131 Å². The van der Waals surface area contributed by atoms with Crippen molar-refractivity contribution in [2.45, 2.75) is 143 Å². The minimum Gasteiger partial charge on any atom is -0.397 e. The van der Waals surface area contributed by atoms with E-state index in [1.54, 1.807) is 0 Å². The Morgan fingerprint density at radius 2 is 0.966 bits per heavy atom. The molecule has 0 rings (SSSR count). The predicted molar refractivity (Wildman–Crippen MR) is 133 cm³/mol. The van der Waals surface area contributed by atoms with Crippen LogP contribution in [0.2, 0.25) is 11.1 Å². The molecule has 1 unspecified atom stereocenters. The quantitative estimate of drug-likeness (QED) is 0.142. The Labute approximate surface area is 186 Å². The van der Waals surface area contributed by atoms with Crippen molar-refractivity contribution in [1.82, 2.24) is 0 Å². The van der Waals surface area contributed by atoms with E-state index in [0.717, 1.165) is 6.04 Å². The summed E-state index contributed by atoms with van der Waals surface area (Å²) in [6.07, 6.45) is 19.7. The lowest BCUT2D eigenvalue weighted by molar-refractivity contribution is 0.171. The maximum Gasteiger partial charge on any atom is 0.343 e. The van der Waals surface area contributed by atoms with Crippen molar-refractivity contribution in [2.24, 2.45) is 11.8 Å². The summed E-state index contributed by atoms with van der Waals surface area (Å²) < 4.78 is 12.3. The van der Waals surface area contributed by atoms with Gasteiger partial charge in [-0.15, -0.1) is 0 Å². The molecule has 0 saturated heterocycles. The molecule has 2 nitrogen and oxygen atoms in total. The van der Waals surface area contributed by atoms with E-state index in [2.05, 4.69) is 41.5 Å². The molecule has 0 amide bonds. The third kappa shape index (κ3) is 10.8. The SMILES string of the molecule is CCCCCCCCCCCCCCCC[Si](OC)(OC)C(C)(C)C(C)C(C)C. The number of unbranched alkanes of at least 4 members (excludes halogenated alkanes) is 13. The van der Waals surface area contributed by atoms with Gasteiger partial charge in [-0.25, -0.2) is 0 Å². The van der Waals surface area contributed by atoms with Gasteiger partial charge in [0.05, 0.1) is 0 Å². The van der Waals surface area contributed by atoms with Gasteiger partial charge in [-0.1, -0.05) is 131 Å². The van der Waals surface area contributed by atoms with Crippen LogP contribution in [0.5, 0.6) is 0 Å². The van der Waals surface area contributed by atoms with Gasteiger partial charge in [0.2, 0.25) is 0 Å². The normalized spacial score (nSPS) is 14.0. The van der Waals surface area contributed by atoms with Crippen LogP contribution >= 0.6 is 0 Å². The molecule has 3 heteroatoms. The zero-order chi connectivity index (χ0) is 22.2. The fourth-order valence-corrected chi connectivity index (χ4v) is 8.88. The summed E-state index contributed by atoms with van der Waals surface area (Å²) in [6.45, 7) is 14.1. The zero-order valence-electron chi connectivity index (χ0n) is 21.6. The number of rotatable bonds is 20. The number of hydrogen-bond acceptors (Lipinski definition) is 2. The van der Waals surface area contributed by atoms with Gasteiger partial charge in [0.1, 0.15) is 0 Å². The van der Waals surface area contributed by atoms with Crippen LogP contribution in [0, 0.1) is 11.8 Å². The summed E-state index contributed by atoms with van der Waals surface area (Å²) in [5.41, 5.74) is 0. The lowest BCUT2D eigenvalue weighted by Gasteiger charge is -2.46. The molecule has 0 aliphatic heterocycles. The van der Waals surface area contributed by atoms with E-state index in [9.17, 15) is 0 Å². The third-order valence-corrected chi connectivity index (χ3v) is 12.4. The molecule has 0 aromatic heterocycles. The lowest BCUT2D eigenvalue weighted by Crippen LogP contribution is -2.53. The fourth-order valence-electron chi connectivity index (χ4n) is 4.87. The van der Waals surface area contributed by atoms with Crippen molar-refractivity contribution in [3.63, 3.8) is 0 Å². The Hall–Kier alpha value is 0.137. The topological polar surface area (TPSA) is 18.5 Å². The Kier molecular flexibility index (Phi) is 16.9. The van der Waals surface area contributed by atoms with Crippen LogP contribution in [0.25, 0.3) is 0 Å². The van der Waals surface area contributed by atoms with E-state index in [0.29, 0.717) is 11.8 Å². The van der Waals surface area contributed by atoms with Crippen LogP contribution in [0.4, 0.5) is 0 Å². The van der Waals surface area contributed by atoms with Crippen LogP contribution in [-0.2, 0) is 8.85 Å². The van der Waals surface area contributed by atoms with Gasteiger partial charge in [-0.3, -0.25) is 0 Å². The number of hydrogen-bond donors (Lipinski definition) is 0. The second-order valence-corrected chi connectivity index (χ2v) is 14.4. The first-order valence-corrected chi connectivity index (χ1v) is 14.9. The van der Waals surface area contributed by atoms with E-state index in [4.69, 9.17) is 8.85 Å². The first-order chi connectivity index (χ1) is 13.8. The fraction of sp³-hybridized carbons (Fsp3) is 1.00. The van der Waals surface area contributed by atoms with Gasteiger partial charge in [-0.2, -0.15) is 0 Å². The molecule has 0 aliphatic carbocycles. The van der Waals surface area contributed by atoms with Gasteiger partial charge >= 0.3 is 8.56 Å². The average Bonchev–Trinajstić information content (AvgIpc) is 2.70. The van der Waals surface area contributed by atoms with Gasteiger partial charge in [-0.05, 0) is 17.9 Å². The average molecular weight is 429 g/mol. The highest BCUT2D eigenvalue weighted by atomic mass is 28.4. The summed E-state index contributed by atoms with van der Waals surface area (Å²) in [6, 6.07) is 1.13. The van der Waals surface area contributed by atoms with Crippen molar-refractivity contribution < 1.29 is 8.85 Å².